The van der Waals surface area contributed by atoms with Crippen LogP contribution < -0.4 is 0 Å². The highest BCUT2D eigenvalue weighted by molar-refractivity contribution is 6.04. The molecule has 1 rings (SSSR count). The van der Waals surface area contributed by atoms with Gasteiger partial charge in [-0.2, -0.15) is 0 Å². The van der Waals surface area contributed by atoms with Crippen LogP contribution in [0.15, 0.2) is 36.4 Å². The molecule has 0 aromatic heterocycles. The highest BCUT2D eigenvalue weighted by atomic mass is 16.5. The van der Waals surface area contributed by atoms with E-state index in [1.54, 1.807) is 12.1 Å². The van der Waals surface area contributed by atoms with Crippen molar-refractivity contribution >= 4 is 11.8 Å². The van der Waals surface area contributed by atoms with E-state index in [9.17, 15) is 9.59 Å². The maximum Gasteiger partial charge on any atom is 0.302 e. The topological polar surface area (TPSA) is 43.4 Å². The average molecular weight is 218 g/mol. The van der Waals surface area contributed by atoms with Gasteiger partial charge in [0.1, 0.15) is 6.61 Å². The lowest BCUT2D eigenvalue weighted by Gasteiger charge is -1.97. The van der Waals surface area contributed by atoms with Gasteiger partial charge in [-0.25, -0.2) is 0 Å². The summed E-state index contributed by atoms with van der Waals surface area (Å²) in [6, 6.07) is 7.31. The summed E-state index contributed by atoms with van der Waals surface area (Å²) in [5.74, 6) is -0.445. The summed E-state index contributed by atoms with van der Waals surface area (Å²) in [5, 5.41) is 0. The van der Waals surface area contributed by atoms with Crippen LogP contribution in [0, 0.1) is 6.92 Å². The number of rotatable bonds is 4. The predicted molar refractivity (Wildman–Crippen MR) is 61.3 cm³/mol. The van der Waals surface area contributed by atoms with Crippen LogP contribution in [0.4, 0.5) is 0 Å². The summed E-state index contributed by atoms with van der Waals surface area (Å²) >= 11 is 0. The van der Waals surface area contributed by atoms with E-state index in [0.717, 1.165) is 5.56 Å². The highest BCUT2D eigenvalue weighted by Crippen LogP contribution is 2.04. The SMILES string of the molecule is CC(=O)OC/C=C/C(=O)c1ccc(C)cc1. The Hall–Kier alpha value is -1.90. The summed E-state index contributed by atoms with van der Waals surface area (Å²) in [5.41, 5.74) is 1.74. The number of hydrogen-bond donors (Lipinski definition) is 0. The van der Waals surface area contributed by atoms with Crippen molar-refractivity contribution in [1.29, 1.82) is 0 Å². The lowest BCUT2D eigenvalue weighted by atomic mass is 10.1. The number of esters is 1. The fourth-order valence-corrected chi connectivity index (χ4v) is 1.13. The fourth-order valence-electron chi connectivity index (χ4n) is 1.13. The minimum atomic E-state index is -0.354. The van der Waals surface area contributed by atoms with Crippen molar-refractivity contribution in [3.63, 3.8) is 0 Å². The maximum absolute atomic E-state index is 11.6. The number of carbonyl (C=O) groups is 2. The predicted octanol–water partition coefficient (Wildman–Crippen LogP) is 2.30. The van der Waals surface area contributed by atoms with Crippen LogP contribution in [0.2, 0.25) is 0 Å². The summed E-state index contributed by atoms with van der Waals surface area (Å²) in [4.78, 5) is 22.0. The monoisotopic (exact) mass is 218 g/mol. The van der Waals surface area contributed by atoms with Gasteiger partial charge in [0.25, 0.3) is 0 Å². The smallest absolute Gasteiger partial charge is 0.302 e. The van der Waals surface area contributed by atoms with Gasteiger partial charge in [-0.3, -0.25) is 9.59 Å². The number of benzene rings is 1. The molecule has 3 heteroatoms. The van der Waals surface area contributed by atoms with Gasteiger partial charge >= 0.3 is 5.97 Å². The molecule has 1 aromatic carbocycles. The standard InChI is InChI=1S/C13H14O3/c1-10-5-7-12(8-6-10)13(15)4-3-9-16-11(2)14/h3-8H,9H2,1-2H3/b4-3+. The molecule has 0 saturated heterocycles. The molecule has 0 bridgehead atoms. The van der Waals surface area contributed by atoms with E-state index in [4.69, 9.17) is 0 Å². The summed E-state index contributed by atoms with van der Waals surface area (Å²) in [6.07, 6.45) is 2.94. The van der Waals surface area contributed by atoms with E-state index in [2.05, 4.69) is 4.74 Å². The van der Waals surface area contributed by atoms with E-state index in [0.29, 0.717) is 5.56 Å². The second kappa shape index (κ2) is 5.85. The third kappa shape index (κ3) is 4.09. The van der Waals surface area contributed by atoms with Gasteiger partial charge in [0.2, 0.25) is 0 Å². The van der Waals surface area contributed by atoms with Crippen LogP contribution in [0.25, 0.3) is 0 Å². The van der Waals surface area contributed by atoms with Crippen LogP contribution in [0.1, 0.15) is 22.8 Å². The molecule has 0 heterocycles. The van der Waals surface area contributed by atoms with Gasteiger partial charge in [0, 0.05) is 12.5 Å². The number of aryl methyl sites for hydroxylation is 1. The van der Waals surface area contributed by atoms with Crippen molar-refractivity contribution in [3.8, 4) is 0 Å². The first-order chi connectivity index (χ1) is 7.59. The largest absolute Gasteiger partial charge is 0.462 e. The van der Waals surface area contributed by atoms with Crippen LogP contribution in [0.5, 0.6) is 0 Å². The Morgan fingerprint density at radius 3 is 2.44 bits per heavy atom. The van der Waals surface area contributed by atoms with Gasteiger partial charge in [0.15, 0.2) is 5.78 Å². The summed E-state index contributed by atoms with van der Waals surface area (Å²) in [7, 11) is 0. The number of hydrogen-bond acceptors (Lipinski definition) is 3. The molecular formula is C13H14O3. The summed E-state index contributed by atoms with van der Waals surface area (Å²) < 4.78 is 4.67. The molecule has 1 aromatic rings. The Morgan fingerprint density at radius 2 is 1.88 bits per heavy atom. The fraction of sp³-hybridized carbons (Fsp3) is 0.231. The van der Waals surface area contributed by atoms with Gasteiger partial charge in [-0.15, -0.1) is 0 Å². The van der Waals surface area contributed by atoms with E-state index < -0.39 is 0 Å². The number of allylic oxidation sites excluding steroid dienone is 1. The Kier molecular flexibility index (Phi) is 4.45. The summed E-state index contributed by atoms with van der Waals surface area (Å²) in [6.45, 7) is 3.42. The Morgan fingerprint density at radius 1 is 1.25 bits per heavy atom. The zero-order chi connectivity index (χ0) is 12.0. The van der Waals surface area contributed by atoms with Crippen molar-refractivity contribution in [2.45, 2.75) is 13.8 Å². The lowest BCUT2D eigenvalue weighted by Crippen LogP contribution is -1.99. The molecule has 0 radical (unpaired) electrons. The Bertz CT molecular complexity index is 402. The first-order valence-electron chi connectivity index (χ1n) is 5.00. The van der Waals surface area contributed by atoms with E-state index in [1.165, 1.54) is 19.1 Å². The zero-order valence-corrected chi connectivity index (χ0v) is 9.40. The minimum absolute atomic E-state index is 0.0906. The normalized spacial score (nSPS) is 10.4. The molecule has 3 nitrogen and oxygen atoms in total. The minimum Gasteiger partial charge on any atom is -0.462 e. The molecular weight excluding hydrogens is 204 g/mol. The van der Waals surface area contributed by atoms with E-state index >= 15 is 0 Å². The molecule has 0 atom stereocenters. The van der Waals surface area contributed by atoms with Gasteiger partial charge in [-0.05, 0) is 19.1 Å². The van der Waals surface area contributed by atoms with Gasteiger partial charge < -0.3 is 4.74 Å². The molecule has 0 aliphatic heterocycles. The molecule has 0 N–H and O–H groups in total. The third-order valence-corrected chi connectivity index (χ3v) is 1.99. The highest BCUT2D eigenvalue weighted by Gasteiger charge is 1.99. The second-order valence-electron chi connectivity index (χ2n) is 3.44. The lowest BCUT2D eigenvalue weighted by molar-refractivity contribution is -0.139. The van der Waals surface area contributed by atoms with E-state index in [1.807, 2.05) is 19.1 Å². The van der Waals surface area contributed by atoms with Crippen molar-refractivity contribution in [2.75, 3.05) is 6.61 Å². The number of ketones is 1. The quantitative estimate of drug-likeness (QED) is 0.442. The first-order valence-corrected chi connectivity index (χ1v) is 5.00. The zero-order valence-electron chi connectivity index (χ0n) is 9.40. The molecule has 84 valence electrons. The Balaban J connectivity index is 2.52. The molecule has 0 aliphatic rings. The van der Waals surface area contributed by atoms with Gasteiger partial charge in [0.05, 0.1) is 0 Å². The van der Waals surface area contributed by atoms with Crippen LogP contribution in [-0.2, 0) is 9.53 Å². The molecule has 0 unspecified atom stereocenters. The van der Waals surface area contributed by atoms with E-state index in [-0.39, 0.29) is 18.4 Å². The number of ether oxygens (including phenoxy) is 1. The van der Waals surface area contributed by atoms with Crippen LogP contribution in [0.3, 0.4) is 0 Å². The molecule has 0 amide bonds. The molecule has 0 aliphatic carbocycles. The molecule has 0 fully saturated rings. The third-order valence-electron chi connectivity index (χ3n) is 1.99. The molecule has 0 saturated carbocycles. The first kappa shape index (κ1) is 12.2. The van der Waals surface area contributed by atoms with Crippen molar-refractivity contribution in [1.82, 2.24) is 0 Å². The molecule has 16 heavy (non-hydrogen) atoms. The van der Waals surface area contributed by atoms with Crippen LogP contribution >= 0.6 is 0 Å². The van der Waals surface area contributed by atoms with Gasteiger partial charge in [-0.1, -0.05) is 29.8 Å². The Labute approximate surface area is 94.7 Å². The average Bonchev–Trinajstić information content (AvgIpc) is 2.25. The number of carbonyl (C=O) groups excluding carboxylic acids is 2. The second-order valence-corrected chi connectivity index (χ2v) is 3.44. The maximum atomic E-state index is 11.6. The van der Waals surface area contributed by atoms with Crippen LogP contribution in [-0.4, -0.2) is 18.4 Å². The van der Waals surface area contributed by atoms with Crippen molar-refractivity contribution in [3.05, 3.63) is 47.5 Å². The molecule has 0 spiro atoms. The van der Waals surface area contributed by atoms with Crippen molar-refractivity contribution < 1.29 is 14.3 Å². The van der Waals surface area contributed by atoms with Crippen molar-refractivity contribution in [2.24, 2.45) is 0 Å².